The zero-order valence-electron chi connectivity index (χ0n) is 15.6. The van der Waals surface area contributed by atoms with Gasteiger partial charge in [0.1, 0.15) is 12.0 Å². The lowest BCUT2D eigenvalue weighted by atomic mass is 10.1. The van der Waals surface area contributed by atoms with E-state index in [0.717, 1.165) is 18.9 Å². The van der Waals surface area contributed by atoms with Gasteiger partial charge in [-0.1, -0.05) is 12.1 Å². The molecular weight excluding hydrogens is 401 g/mol. The second kappa shape index (κ2) is 9.10. The van der Waals surface area contributed by atoms with Crippen LogP contribution in [0.1, 0.15) is 18.4 Å². The SMILES string of the molecule is CN(C)C(=O)CN(CCc1cccc(OS(=O)(=O)C(F)(F)F)c1)C1CCCO1. The van der Waals surface area contributed by atoms with E-state index in [0.29, 0.717) is 25.1 Å². The average Bonchev–Trinajstić information content (AvgIpc) is 3.11. The Bertz CT molecular complexity index is 777. The average molecular weight is 424 g/mol. The molecule has 0 aromatic heterocycles. The number of nitrogens with zero attached hydrogens (tertiary/aromatic N) is 2. The number of alkyl halides is 3. The monoisotopic (exact) mass is 424 g/mol. The fourth-order valence-corrected chi connectivity index (χ4v) is 3.14. The smallest absolute Gasteiger partial charge is 0.376 e. The van der Waals surface area contributed by atoms with Crippen LogP contribution >= 0.6 is 0 Å². The summed E-state index contributed by atoms with van der Waals surface area (Å²) < 4.78 is 69.5. The van der Waals surface area contributed by atoms with Gasteiger partial charge in [0.05, 0.1) is 6.54 Å². The zero-order chi connectivity index (χ0) is 20.9. The van der Waals surface area contributed by atoms with Crippen LogP contribution in [0.15, 0.2) is 24.3 Å². The molecule has 1 saturated heterocycles. The number of rotatable bonds is 8. The van der Waals surface area contributed by atoms with Gasteiger partial charge in [-0.25, -0.2) is 0 Å². The number of likely N-dealkylation sites (N-methyl/N-ethyl adjacent to an activating group) is 1. The summed E-state index contributed by atoms with van der Waals surface area (Å²) in [4.78, 5) is 15.4. The van der Waals surface area contributed by atoms with E-state index in [1.807, 2.05) is 4.90 Å². The molecule has 1 aromatic carbocycles. The first kappa shape index (κ1) is 22.4. The maximum absolute atomic E-state index is 12.5. The molecule has 1 amide bonds. The summed E-state index contributed by atoms with van der Waals surface area (Å²) in [6.07, 6.45) is 1.85. The maximum Gasteiger partial charge on any atom is 0.534 e. The molecule has 0 spiro atoms. The van der Waals surface area contributed by atoms with Gasteiger partial charge in [0.2, 0.25) is 5.91 Å². The van der Waals surface area contributed by atoms with E-state index in [9.17, 15) is 26.4 Å². The van der Waals surface area contributed by atoms with Crippen LogP contribution in [0.2, 0.25) is 0 Å². The summed E-state index contributed by atoms with van der Waals surface area (Å²) in [7, 11) is -2.42. The Labute approximate surface area is 162 Å². The summed E-state index contributed by atoms with van der Waals surface area (Å²) in [6.45, 7) is 1.17. The van der Waals surface area contributed by atoms with Crippen molar-refractivity contribution in [3.05, 3.63) is 29.8 Å². The highest BCUT2D eigenvalue weighted by Gasteiger charge is 2.48. The Hall–Kier alpha value is -1.85. The number of amides is 1. The number of ether oxygens (including phenoxy) is 1. The molecule has 1 unspecified atom stereocenters. The number of halogens is 3. The topological polar surface area (TPSA) is 76.2 Å². The van der Waals surface area contributed by atoms with Gasteiger partial charge in [-0.05, 0) is 37.0 Å². The third-order valence-corrected chi connectivity index (χ3v) is 5.20. The Morgan fingerprint density at radius 1 is 1.32 bits per heavy atom. The number of carbonyl (C=O) groups excluding carboxylic acids is 1. The summed E-state index contributed by atoms with van der Waals surface area (Å²) in [6, 6.07) is 5.44. The number of hydrogen-bond donors (Lipinski definition) is 0. The Balaban J connectivity index is 2.05. The van der Waals surface area contributed by atoms with Crippen LogP contribution in [-0.4, -0.2) is 69.7 Å². The molecule has 0 N–H and O–H groups in total. The van der Waals surface area contributed by atoms with Crippen molar-refractivity contribution in [1.29, 1.82) is 0 Å². The standard InChI is InChI=1S/C17H23F3N2O5S/c1-21(2)15(23)12-22(16-7-4-10-26-16)9-8-13-5-3-6-14(11-13)27-28(24,25)17(18,19)20/h3,5-6,11,16H,4,7-10,12H2,1-2H3. The molecule has 7 nitrogen and oxygen atoms in total. The van der Waals surface area contributed by atoms with Gasteiger partial charge in [0, 0.05) is 27.2 Å². The van der Waals surface area contributed by atoms with Gasteiger partial charge in [-0.3, -0.25) is 9.69 Å². The van der Waals surface area contributed by atoms with Crippen molar-refractivity contribution in [3.63, 3.8) is 0 Å². The Morgan fingerprint density at radius 2 is 2.04 bits per heavy atom. The van der Waals surface area contributed by atoms with Crippen LogP contribution in [0.4, 0.5) is 13.2 Å². The maximum atomic E-state index is 12.5. The highest BCUT2D eigenvalue weighted by molar-refractivity contribution is 7.88. The van der Waals surface area contributed by atoms with Crippen LogP contribution in [0, 0.1) is 0 Å². The fraction of sp³-hybridized carbons (Fsp3) is 0.588. The molecule has 0 bridgehead atoms. The summed E-state index contributed by atoms with van der Waals surface area (Å²) >= 11 is 0. The van der Waals surface area contributed by atoms with Crippen LogP contribution in [0.25, 0.3) is 0 Å². The van der Waals surface area contributed by atoms with Crippen molar-refractivity contribution in [2.75, 3.05) is 33.8 Å². The fourth-order valence-electron chi connectivity index (χ4n) is 2.69. The summed E-state index contributed by atoms with van der Waals surface area (Å²) in [5.41, 5.74) is -4.92. The first-order chi connectivity index (χ1) is 13.0. The van der Waals surface area contributed by atoms with Crippen molar-refractivity contribution in [2.45, 2.75) is 31.0 Å². The molecule has 28 heavy (non-hydrogen) atoms. The lowest BCUT2D eigenvalue weighted by Gasteiger charge is -2.28. The van der Waals surface area contributed by atoms with Gasteiger partial charge in [0.15, 0.2) is 0 Å². The predicted molar refractivity (Wildman–Crippen MR) is 95.0 cm³/mol. The molecule has 11 heteroatoms. The second-order valence-corrected chi connectivity index (χ2v) is 8.14. The van der Waals surface area contributed by atoms with E-state index in [4.69, 9.17) is 4.74 Å². The van der Waals surface area contributed by atoms with E-state index in [-0.39, 0.29) is 18.7 Å². The van der Waals surface area contributed by atoms with Crippen LogP contribution in [0.5, 0.6) is 5.75 Å². The molecule has 1 aromatic rings. The van der Waals surface area contributed by atoms with Crippen LogP contribution < -0.4 is 4.18 Å². The number of hydrogen-bond acceptors (Lipinski definition) is 6. The van der Waals surface area contributed by atoms with Gasteiger partial charge >= 0.3 is 15.6 Å². The molecule has 1 fully saturated rings. The third-order valence-electron chi connectivity index (χ3n) is 4.23. The lowest BCUT2D eigenvalue weighted by molar-refractivity contribution is -0.133. The van der Waals surface area contributed by atoms with Crippen molar-refractivity contribution in [3.8, 4) is 5.75 Å². The molecule has 2 rings (SSSR count). The molecule has 0 radical (unpaired) electrons. The molecule has 0 aliphatic carbocycles. The van der Waals surface area contributed by atoms with E-state index < -0.39 is 21.4 Å². The first-order valence-corrected chi connectivity index (χ1v) is 10.1. The zero-order valence-corrected chi connectivity index (χ0v) is 16.4. The molecule has 158 valence electrons. The minimum atomic E-state index is -5.72. The highest BCUT2D eigenvalue weighted by atomic mass is 32.2. The minimum absolute atomic E-state index is 0.0937. The molecular formula is C17H23F3N2O5S. The minimum Gasteiger partial charge on any atom is -0.376 e. The molecule has 1 heterocycles. The number of benzene rings is 1. The van der Waals surface area contributed by atoms with Gasteiger partial charge in [-0.15, -0.1) is 0 Å². The van der Waals surface area contributed by atoms with E-state index >= 15 is 0 Å². The van der Waals surface area contributed by atoms with Crippen LogP contribution in [-0.2, 0) is 26.1 Å². The largest absolute Gasteiger partial charge is 0.534 e. The van der Waals surface area contributed by atoms with Gasteiger partial charge < -0.3 is 13.8 Å². The molecule has 1 aliphatic heterocycles. The predicted octanol–water partition coefficient (Wildman–Crippen LogP) is 1.98. The third kappa shape index (κ3) is 6.08. The quantitative estimate of drug-likeness (QED) is 0.469. The van der Waals surface area contributed by atoms with Gasteiger partial charge in [0.25, 0.3) is 0 Å². The van der Waals surface area contributed by atoms with E-state index in [2.05, 4.69) is 4.18 Å². The lowest BCUT2D eigenvalue weighted by Crippen LogP contribution is -2.43. The Kier molecular flexibility index (Phi) is 7.29. The molecule has 1 aliphatic rings. The van der Waals surface area contributed by atoms with Crippen molar-refractivity contribution in [2.24, 2.45) is 0 Å². The normalized spacial score (nSPS) is 17.7. The second-order valence-electron chi connectivity index (χ2n) is 6.61. The highest BCUT2D eigenvalue weighted by Crippen LogP contribution is 2.27. The van der Waals surface area contributed by atoms with Crippen molar-refractivity contribution < 1.29 is 35.3 Å². The summed E-state index contributed by atoms with van der Waals surface area (Å²) in [5, 5.41) is 0. The summed E-state index contributed by atoms with van der Waals surface area (Å²) in [5.74, 6) is -0.508. The van der Waals surface area contributed by atoms with Crippen LogP contribution in [0.3, 0.4) is 0 Å². The van der Waals surface area contributed by atoms with Crippen molar-refractivity contribution in [1.82, 2.24) is 9.80 Å². The Morgan fingerprint density at radius 3 is 2.61 bits per heavy atom. The number of carbonyl (C=O) groups is 1. The van der Waals surface area contributed by atoms with Gasteiger partial charge in [-0.2, -0.15) is 21.6 Å². The van der Waals surface area contributed by atoms with E-state index in [1.54, 1.807) is 20.2 Å². The first-order valence-electron chi connectivity index (χ1n) is 8.65. The molecule has 0 saturated carbocycles. The van der Waals surface area contributed by atoms with E-state index in [1.165, 1.54) is 17.0 Å². The van der Waals surface area contributed by atoms with Crippen molar-refractivity contribution >= 4 is 16.0 Å². The molecule has 1 atom stereocenters.